The Labute approximate surface area is 59.3 Å². The zero-order valence-electron chi connectivity index (χ0n) is 5.33. The Bertz CT molecular complexity index is 253. The highest BCUT2D eigenvalue weighted by Gasteiger charge is 1.96. The van der Waals surface area contributed by atoms with Gasteiger partial charge in [0.05, 0.1) is 6.26 Å². The molecule has 0 aliphatic carbocycles. The van der Waals surface area contributed by atoms with Gasteiger partial charge in [-0.25, -0.2) is 0 Å². The number of rotatable bonds is 2. The average molecular weight is 162 g/mol. The quantitative estimate of drug-likeness (QED) is 0.302. The van der Waals surface area contributed by atoms with Crippen molar-refractivity contribution in [3.05, 3.63) is 0 Å². The van der Waals surface area contributed by atoms with Crippen LogP contribution in [0.1, 0.15) is 0 Å². The molecule has 0 aliphatic heterocycles. The van der Waals surface area contributed by atoms with E-state index < -0.39 is 10.1 Å². The van der Waals surface area contributed by atoms with Gasteiger partial charge in [-0.15, -0.1) is 0 Å². The van der Waals surface area contributed by atoms with Crippen molar-refractivity contribution in [2.45, 2.75) is 0 Å². The van der Waals surface area contributed by atoms with Crippen LogP contribution in [0.4, 0.5) is 0 Å². The van der Waals surface area contributed by atoms with Crippen LogP contribution in [0, 0.1) is 11.8 Å². The largest absolute Gasteiger partial charge is 0.289 e. The first kappa shape index (κ1) is 9.14. The summed E-state index contributed by atoms with van der Waals surface area (Å²) in [4.78, 5) is 9.55. The minimum atomic E-state index is -3.42. The molecule has 0 fully saturated rings. The lowest BCUT2D eigenvalue weighted by molar-refractivity contribution is -0.103. The molecule has 0 N–H and O–H groups in total. The van der Waals surface area contributed by atoms with Crippen LogP contribution in [0.3, 0.4) is 0 Å². The summed E-state index contributed by atoms with van der Waals surface area (Å²) in [6, 6.07) is 0. The van der Waals surface area contributed by atoms with Crippen LogP contribution in [-0.2, 0) is 19.1 Å². The summed E-state index contributed by atoms with van der Waals surface area (Å²) in [5, 5.41) is 0. The fourth-order valence-corrected chi connectivity index (χ4v) is 0.493. The van der Waals surface area contributed by atoms with Crippen LogP contribution in [-0.4, -0.2) is 27.6 Å². The second-order valence-corrected chi connectivity index (χ2v) is 3.05. The predicted molar refractivity (Wildman–Crippen MR) is 34.6 cm³/mol. The average Bonchev–Trinajstić information content (AvgIpc) is 1.78. The van der Waals surface area contributed by atoms with Gasteiger partial charge in [0.1, 0.15) is 6.61 Å². The van der Waals surface area contributed by atoms with Gasteiger partial charge in [-0.1, -0.05) is 5.92 Å². The fourth-order valence-electron chi connectivity index (χ4n) is 0.220. The van der Waals surface area contributed by atoms with Crippen molar-refractivity contribution in [1.29, 1.82) is 0 Å². The molecule has 0 heterocycles. The summed E-state index contributed by atoms with van der Waals surface area (Å²) >= 11 is 0. The molecule has 0 spiro atoms. The van der Waals surface area contributed by atoms with Gasteiger partial charge in [0.2, 0.25) is 0 Å². The number of carbonyl (C=O) groups is 1. The monoisotopic (exact) mass is 162 g/mol. The Kier molecular flexibility index (Phi) is 3.69. The van der Waals surface area contributed by atoms with E-state index in [2.05, 4.69) is 10.1 Å². The normalized spacial score (nSPS) is 9.70. The van der Waals surface area contributed by atoms with Crippen molar-refractivity contribution in [2.75, 3.05) is 12.9 Å². The van der Waals surface area contributed by atoms with E-state index in [1.807, 2.05) is 5.92 Å². The molecule has 0 amide bonds. The zero-order chi connectivity index (χ0) is 8.04. The van der Waals surface area contributed by atoms with Crippen molar-refractivity contribution in [2.24, 2.45) is 0 Å². The summed E-state index contributed by atoms with van der Waals surface area (Å²) in [6.45, 7) is -0.266. The Morgan fingerprint density at radius 2 is 2.20 bits per heavy atom. The predicted octanol–water partition coefficient (Wildman–Crippen LogP) is -0.835. The van der Waals surface area contributed by atoms with Crippen LogP contribution < -0.4 is 0 Å². The van der Waals surface area contributed by atoms with Gasteiger partial charge >= 0.3 is 0 Å². The van der Waals surface area contributed by atoms with Crippen molar-refractivity contribution < 1.29 is 17.4 Å². The Hall–Kier alpha value is -0.860. The highest BCUT2D eigenvalue weighted by atomic mass is 32.2. The molecule has 4 nitrogen and oxygen atoms in total. The summed E-state index contributed by atoms with van der Waals surface area (Å²) in [6.07, 6.45) is 1.28. The topological polar surface area (TPSA) is 60.4 Å². The van der Waals surface area contributed by atoms with Crippen LogP contribution in [0.25, 0.3) is 0 Å². The first-order valence-electron chi connectivity index (χ1n) is 2.32. The Balaban J connectivity index is 3.68. The number of carbonyl (C=O) groups excluding carboxylic acids is 1. The lowest BCUT2D eigenvalue weighted by Gasteiger charge is -1.90. The molecule has 56 valence electrons. The summed E-state index contributed by atoms with van der Waals surface area (Å²) in [5.74, 6) is 4.17. The second kappa shape index (κ2) is 4.04. The maximum absolute atomic E-state index is 10.2. The highest BCUT2D eigenvalue weighted by molar-refractivity contribution is 7.85. The molecule has 0 atom stereocenters. The van der Waals surface area contributed by atoms with E-state index in [9.17, 15) is 13.2 Å². The smallest absolute Gasteiger partial charge is 0.265 e. The maximum atomic E-state index is 10.2. The van der Waals surface area contributed by atoms with E-state index in [0.29, 0.717) is 6.29 Å². The minimum absolute atomic E-state index is 0.266. The maximum Gasteiger partial charge on any atom is 0.265 e. The van der Waals surface area contributed by atoms with Gasteiger partial charge in [0.25, 0.3) is 10.1 Å². The van der Waals surface area contributed by atoms with Gasteiger partial charge in [0.15, 0.2) is 6.29 Å². The number of hydrogen-bond donors (Lipinski definition) is 0. The number of hydrogen-bond acceptors (Lipinski definition) is 4. The molecule has 0 unspecified atom stereocenters. The van der Waals surface area contributed by atoms with Crippen molar-refractivity contribution in [1.82, 2.24) is 0 Å². The molecule has 0 aliphatic rings. The molecule has 0 saturated heterocycles. The lowest BCUT2D eigenvalue weighted by Crippen LogP contribution is -2.02. The SMILES string of the molecule is CS(=O)(=O)OCC#CC=O. The van der Waals surface area contributed by atoms with E-state index in [1.54, 1.807) is 0 Å². The molecular weight excluding hydrogens is 156 g/mol. The van der Waals surface area contributed by atoms with Crippen molar-refractivity contribution in [3.8, 4) is 11.8 Å². The van der Waals surface area contributed by atoms with Crippen LogP contribution in [0.5, 0.6) is 0 Å². The van der Waals surface area contributed by atoms with E-state index in [0.717, 1.165) is 6.26 Å². The Morgan fingerprint density at radius 3 is 2.60 bits per heavy atom. The van der Waals surface area contributed by atoms with Gasteiger partial charge in [0, 0.05) is 0 Å². The molecular formula is C5H6O4S. The van der Waals surface area contributed by atoms with Crippen molar-refractivity contribution >= 4 is 16.4 Å². The third-order valence-corrected chi connectivity index (χ3v) is 1.05. The van der Waals surface area contributed by atoms with Crippen LogP contribution in [0.2, 0.25) is 0 Å². The molecule has 10 heavy (non-hydrogen) atoms. The Morgan fingerprint density at radius 1 is 1.60 bits per heavy atom. The van der Waals surface area contributed by atoms with Crippen LogP contribution >= 0.6 is 0 Å². The van der Waals surface area contributed by atoms with Gasteiger partial charge in [-0.05, 0) is 5.92 Å². The molecule has 0 rings (SSSR count). The molecule has 0 saturated carbocycles. The van der Waals surface area contributed by atoms with Crippen LogP contribution in [0.15, 0.2) is 0 Å². The third kappa shape index (κ3) is 7.14. The second-order valence-electron chi connectivity index (χ2n) is 1.41. The molecule has 0 radical (unpaired) electrons. The zero-order valence-corrected chi connectivity index (χ0v) is 6.14. The van der Waals surface area contributed by atoms with E-state index in [-0.39, 0.29) is 6.61 Å². The van der Waals surface area contributed by atoms with Crippen molar-refractivity contribution in [3.63, 3.8) is 0 Å². The summed E-state index contributed by atoms with van der Waals surface area (Å²) in [7, 11) is -3.42. The molecule has 0 aromatic heterocycles. The fraction of sp³-hybridized carbons (Fsp3) is 0.400. The first-order valence-corrected chi connectivity index (χ1v) is 4.14. The van der Waals surface area contributed by atoms with Gasteiger partial charge in [-0.2, -0.15) is 8.42 Å². The standard InChI is InChI=1S/C5H6O4S/c1-10(7,8)9-5-3-2-4-6/h4H,5H2,1H3. The lowest BCUT2D eigenvalue weighted by atomic mass is 10.6. The summed E-state index contributed by atoms with van der Waals surface area (Å²) < 4.78 is 24.6. The molecule has 0 aromatic rings. The van der Waals surface area contributed by atoms with E-state index in [1.165, 1.54) is 0 Å². The van der Waals surface area contributed by atoms with Gasteiger partial charge in [-0.3, -0.25) is 8.98 Å². The molecule has 0 bridgehead atoms. The molecule has 5 heteroatoms. The van der Waals surface area contributed by atoms with Gasteiger partial charge < -0.3 is 0 Å². The van der Waals surface area contributed by atoms with E-state index in [4.69, 9.17) is 0 Å². The minimum Gasteiger partial charge on any atom is -0.289 e. The number of aldehydes is 1. The summed E-state index contributed by atoms with van der Waals surface area (Å²) in [5.41, 5.74) is 0. The first-order chi connectivity index (χ1) is 4.56. The third-order valence-electron chi connectivity index (χ3n) is 0.506. The molecule has 0 aromatic carbocycles. The highest BCUT2D eigenvalue weighted by Crippen LogP contribution is 1.82. The van der Waals surface area contributed by atoms with E-state index >= 15 is 0 Å².